The number of methoxy groups -OCH3 is 1. The van der Waals surface area contributed by atoms with E-state index in [1.54, 1.807) is 7.11 Å². The van der Waals surface area contributed by atoms with E-state index >= 15 is 0 Å². The van der Waals surface area contributed by atoms with E-state index in [9.17, 15) is 4.79 Å². The van der Waals surface area contributed by atoms with Crippen molar-refractivity contribution in [2.45, 2.75) is 25.8 Å². The van der Waals surface area contributed by atoms with Gasteiger partial charge in [-0.05, 0) is 55.2 Å². The summed E-state index contributed by atoms with van der Waals surface area (Å²) in [5, 5.41) is 5.10. The molecule has 0 unspecified atom stereocenters. The van der Waals surface area contributed by atoms with E-state index in [2.05, 4.69) is 15.0 Å². The maximum absolute atomic E-state index is 13.7. The third kappa shape index (κ3) is 4.14. The number of amides is 1. The van der Waals surface area contributed by atoms with Gasteiger partial charge in [0, 0.05) is 42.8 Å². The normalized spacial score (nSPS) is 16.0. The van der Waals surface area contributed by atoms with Gasteiger partial charge >= 0.3 is 0 Å². The standard InChI is InChI=1S/C27H27N5O3/c1-34-19-11-9-18(10-12-19)26-29-24(35-30-26)17-31-13-15-32(16-14-31)27(33)25-20-5-2-3-7-22(20)28-23-8-4-6-21(23)25/h2-3,5,7,9-12H,4,6,8,13-17H2,1H3. The van der Waals surface area contributed by atoms with E-state index in [0.717, 1.165) is 71.4 Å². The second-order valence-corrected chi connectivity index (χ2v) is 9.09. The lowest BCUT2D eigenvalue weighted by molar-refractivity contribution is 0.0616. The lowest BCUT2D eigenvalue weighted by Crippen LogP contribution is -2.48. The zero-order valence-electron chi connectivity index (χ0n) is 19.7. The number of rotatable bonds is 5. The minimum absolute atomic E-state index is 0.126. The van der Waals surface area contributed by atoms with E-state index in [1.807, 2.05) is 53.4 Å². The Morgan fingerprint density at radius 3 is 2.60 bits per heavy atom. The van der Waals surface area contributed by atoms with Gasteiger partial charge in [0.05, 0.1) is 24.7 Å². The molecule has 1 amide bonds. The topological polar surface area (TPSA) is 84.6 Å². The zero-order chi connectivity index (χ0) is 23.8. The second kappa shape index (κ2) is 9.11. The molecule has 0 atom stereocenters. The fraction of sp³-hybridized carbons (Fsp3) is 0.333. The summed E-state index contributed by atoms with van der Waals surface area (Å²) >= 11 is 0. The molecule has 178 valence electrons. The molecule has 8 nitrogen and oxygen atoms in total. The predicted octanol–water partition coefficient (Wildman–Crippen LogP) is 3.74. The van der Waals surface area contributed by atoms with Crippen LogP contribution in [0.15, 0.2) is 53.1 Å². The Labute approximate surface area is 203 Å². The Hall–Kier alpha value is -3.78. The van der Waals surface area contributed by atoms with E-state index in [1.165, 1.54) is 0 Å². The van der Waals surface area contributed by atoms with E-state index in [4.69, 9.17) is 14.2 Å². The molecule has 0 radical (unpaired) electrons. The lowest BCUT2D eigenvalue weighted by Gasteiger charge is -2.34. The summed E-state index contributed by atoms with van der Waals surface area (Å²) in [7, 11) is 1.64. The molecule has 35 heavy (non-hydrogen) atoms. The van der Waals surface area contributed by atoms with Crippen LogP contribution in [0.4, 0.5) is 0 Å². The van der Waals surface area contributed by atoms with Gasteiger partial charge in [-0.25, -0.2) is 0 Å². The summed E-state index contributed by atoms with van der Waals surface area (Å²) < 4.78 is 10.7. The molecule has 6 rings (SSSR count). The number of carbonyl (C=O) groups is 1. The number of aryl methyl sites for hydroxylation is 1. The third-order valence-electron chi connectivity index (χ3n) is 6.97. The number of ether oxygens (including phenoxy) is 1. The van der Waals surface area contributed by atoms with Gasteiger partial charge in [0.25, 0.3) is 5.91 Å². The minimum atomic E-state index is 0.126. The van der Waals surface area contributed by atoms with Crippen LogP contribution in [0.3, 0.4) is 0 Å². The summed E-state index contributed by atoms with van der Waals surface area (Å²) in [6.45, 7) is 3.43. The number of nitrogens with zero attached hydrogens (tertiary/aromatic N) is 5. The summed E-state index contributed by atoms with van der Waals surface area (Å²) in [6.07, 6.45) is 2.95. The highest BCUT2D eigenvalue weighted by Crippen LogP contribution is 2.31. The van der Waals surface area contributed by atoms with Crippen LogP contribution in [0, 0.1) is 0 Å². The molecule has 0 bridgehead atoms. The highest BCUT2D eigenvalue weighted by molar-refractivity contribution is 6.07. The minimum Gasteiger partial charge on any atom is -0.497 e. The molecule has 4 aromatic rings. The van der Waals surface area contributed by atoms with Gasteiger partial charge in [-0.15, -0.1) is 0 Å². The first-order valence-corrected chi connectivity index (χ1v) is 12.1. The number of benzene rings is 2. The molecule has 1 aliphatic heterocycles. The van der Waals surface area contributed by atoms with Crippen molar-refractivity contribution in [3.8, 4) is 17.1 Å². The van der Waals surface area contributed by atoms with Crippen molar-refractivity contribution in [1.82, 2.24) is 24.9 Å². The van der Waals surface area contributed by atoms with Crippen molar-refractivity contribution in [3.63, 3.8) is 0 Å². The fourth-order valence-corrected chi connectivity index (χ4v) is 5.09. The predicted molar refractivity (Wildman–Crippen MR) is 131 cm³/mol. The smallest absolute Gasteiger partial charge is 0.254 e. The third-order valence-corrected chi connectivity index (χ3v) is 6.97. The molecule has 0 spiro atoms. The summed E-state index contributed by atoms with van der Waals surface area (Å²) in [5.41, 5.74) is 4.90. The number of piperazine rings is 1. The molecule has 0 saturated carbocycles. The first-order chi connectivity index (χ1) is 17.2. The number of pyridine rings is 1. The number of carbonyl (C=O) groups excluding carboxylic acids is 1. The quantitative estimate of drug-likeness (QED) is 0.440. The number of hydrogen-bond acceptors (Lipinski definition) is 7. The summed E-state index contributed by atoms with van der Waals surface area (Å²) in [4.78, 5) is 27.3. The van der Waals surface area contributed by atoms with Gasteiger partial charge in [0.15, 0.2) is 0 Å². The lowest BCUT2D eigenvalue weighted by atomic mass is 9.99. The van der Waals surface area contributed by atoms with Crippen LogP contribution in [0.2, 0.25) is 0 Å². The average Bonchev–Trinajstić information content (AvgIpc) is 3.57. The van der Waals surface area contributed by atoms with Gasteiger partial charge < -0.3 is 14.2 Å². The SMILES string of the molecule is COc1ccc(-c2noc(CN3CCN(C(=O)c4c5c(nc6ccccc46)CCC5)CC3)n2)cc1. The van der Waals surface area contributed by atoms with E-state index in [-0.39, 0.29) is 5.91 Å². The van der Waals surface area contributed by atoms with Crippen LogP contribution in [-0.4, -0.2) is 64.1 Å². The first-order valence-electron chi connectivity index (χ1n) is 12.1. The highest BCUT2D eigenvalue weighted by Gasteiger charge is 2.29. The molecule has 1 aliphatic carbocycles. The van der Waals surface area contributed by atoms with E-state index < -0.39 is 0 Å². The van der Waals surface area contributed by atoms with Crippen LogP contribution in [0.25, 0.3) is 22.3 Å². The van der Waals surface area contributed by atoms with Gasteiger partial charge in [0.2, 0.25) is 11.7 Å². The summed E-state index contributed by atoms with van der Waals surface area (Å²) in [5.74, 6) is 2.05. The molecule has 2 aromatic heterocycles. The highest BCUT2D eigenvalue weighted by atomic mass is 16.5. The molecular formula is C27H27N5O3. The van der Waals surface area contributed by atoms with Crippen molar-refractivity contribution >= 4 is 16.8 Å². The van der Waals surface area contributed by atoms with Gasteiger partial charge in [-0.3, -0.25) is 14.7 Å². The Morgan fingerprint density at radius 1 is 1.00 bits per heavy atom. The number of fused-ring (bicyclic) bond motifs is 2. The Bertz CT molecular complexity index is 1370. The van der Waals surface area contributed by atoms with E-state index in [0.29, 0.717) is 31.3 Å². The second-order valence-electron chi connectivity index (χ2n) is 9.09. The molecule has 1 saturated heterocycles. The Balaban J connectivity index is 1.13. The van der Waals surface area contributed by atoms with Gasteiger partial charge in [0.1, 0.15) is 5.75 Å². The van der Waals surface area contributed by atoms with Crippen LogP contribution in [0.5, 0.6) is 5.75 Å². The zero-order valence-corrected chi connectivity index (χ0v) is 19.7. The maximum atomic E-state index is 13.7. The number of para-hydroxylation sites is 1. The van der Waals surface area contributed by atoms with Crippen LogP contribution in [-0.2, 0) is 19.4 Å². The van der Waals surface area contributed by atoms with Crippen molar-refractivity contribution in [3.05, 3.63) is 71.2 Å². The number of aromatic nitrogens is 3. The monoisotopic (exact) mass is 469 g/mol. The fourth-order valence-electron chi connectivity index (χ4n) is 5.09. The Kier molecular flexibility index (Phi) is 5.66. The maximum Gasteiger partial charge on any atom is 0.254 e. The molecule has 8 heteroatoms. The van der Waals surface area contributed by atoms with Crippen molar-refractivity contribution in [1.29, 1.82) is 0 Å². The molecule has 3 heterocycles. The molecule has 0 N–H and O–H groups in total. The Morgan fingerprint density at radius 2 is 1.80 bits per heavy atom. The molecule has 2 aromatic carbocycles. The molecule has 2 aliphatic rings. The summed E-state index contributed by atoms with van der Waals surface area (Å²) in [6, 6.07) is 15.6. The van der Waals surface area contributed by atoms with Crippen LogP contribution >= 0.6 is 0 Å². The average molecular weight is 470 g/mol. The van der Waals surface area contributed by atoms with Crippen molar-refractivity contribution in [2.75, 3.05) is 33.3 Å². The molecule has 1 fully saturated rings. The first kappa shape index (κ1) is 21.7. The van der Waals surface area contributed by atoms with Crippen LogP contribution < -0.4 is 4.74 Å². The van der Waals surface area contributed by atoms with Crippen LogP contribution in [0.1, 0.15) is 33.9 Å². The van der Waals surface area contributed by atoms with Gasteiger partial charge in [-0.2, -0.15) is 4.98 Å². The van der Waals surface area contributed by atoms with Crippen molar-refractivity contribution < 1.29 is 14.1 Å². The van der Waals surface area contributed by atoms with Crippen molar-refractivity contribution in [2.24, 2.45) is 0 Å². The number of hydrogen-bond donors (Lipinski definition) is 0. The molecular weight excluding hydrogens is 442 g/mol. The van der Waals surface area contributed by atoms with Gasteiger partial charge in [-0.1, -0.05) is 23.4 Å². The largest absolute Gasteiger partial charge is 0.497 e.